The van der Waals surface area contributed by atoms with Crippen LogP contribution in [0.5, 0.6) is 0 Å². The Morgan fingerprint density at radius 3 is 2.65 bits per heavy atom. The lowest BCUT2D eigenvalue weighted by Crippen LogP contribution is -2.50. The van der Waals surface area contributed by atoms with Gasteiger partial charge >= 0.3 is 0 Å². The van der Waals surface area contributed by atoms with E-state index in [0.717, 1.165) is 0 Å². The molecule has 91 valence electrons. The number of carbonyl (C=O) groups excluding carboxylic acids is 2. The third kappa shape index (κ3) is 2.01. The maximum Gasteiger partial charge on any atom is 0.272 e. The van der Waals surface area contributed by atoms with Gasteiger partial charge in [-0.25, -0.2) is 0 Å². The van der Waals surface area contributed by atoms with Crippen LogP contribution in [0.15, 0.2) is 0 Å². The van der Waals surface area contributed by atoms with Crippen LogP contribution in [0.4, 0.5) is 0 Å². The third-order valence-corrected chi connectivity index (χ3v) is 2.73. The molecule has 1 radical (unpaired) electrons. The molecule has 1 fully saturated rings. The number of likely N-dealkylation sites (N-methyl/N-ethyl adjacent to an activating group) is 1. The Hall–Kier alpha value is -1.89. The van der Waals surface area contributed by atoms with E-state index in [1.54, 1.807) is 19.0 Å². The summed E-state index contributed by atoms with van der Waals surface area (Å²) in [4.78, 5) is 24.5. The average Bonchev–Trinajstić information content (AvgIpc) is 2.56. The van der Waals surface area contributed by atoms with Crippen molar-refractivity contribution < 1.29 is 14.3 Å². The summed E-state index contributed by atoms with van der Waals surface area (Å²) in [5.74, 6) is -0.949. The Morgan fingerprint density at radius 1 is 1.59 bits per heavy atom. The number of hydrogen-bond donors (Lipinski definition) is 1. The summed E-state index contributed by atoms with van der Waals surface area (Å²) in [6, 6.07) is 2.68. The second-order valence-corrected chi connectivity index (χ2v) is 3.92. The topological polar surface area (TPSA) is 90.5 Å². The smallest absolute Gasteiger partial charge is 0.272 e. The van der Waals surface area contributed by atoms with Crippen molar-refractivity contribution in [3.05, 3.63) is 17.5 Å². The van der Waals surface area contributed by atoms with Crippen LogP contribution in [0.1, 0.15) is 21.0 Å². The number of aromatic nitrogens is 2. The number of aryl methyl sites for hydroxylation is 1. The molecule has 2 rings (SSSR count). The zero-order chi connectivity index (χ0) is 12.6. The van der Waals surface area contributed by atoms with E-state index >= 15 is 0 Å². The van der Waals surface area contributed by atoms with Crippen LogP contribution < -0.4 is 5.73 Å². The summed E-state index contributed by atoms with van der Waals surface area (Å²) in [5.41, 5.74) is 5.26. The summed E-state index contributed by atoms with van der Waals surface area (Å²) in [6.45, 7) is 1.06. The lowest BCUT2D eigenvalue weighted by molar-refractivity contribution is -0.0470. The maximum absolute atomic E-state index is 12.1. The second kappa shape index (κ2) is 4.17. The average molecular weight is 237 g/mol. The third-order valence-electron chi connectivity index (χ3n) is 2.73. The first-order chi connectivity index (χ1) is 8.00. The predicted octanol–water partition coefficient (Wildman–Crippen LogP) is -1.21. The van der Waals surface area contributed by atoms with Gasteiger partial charge in [0, 0.05) is 14.1 Å². The van der Waals surface area contributed by atoms with Crippen LogP contribution in [-0.2, 0) is 11.8 Å². The molecular weight excluding hydrogens is 224 g/mol. The Morgan fingerprint density at radius 2 is 2.24 bits per heavy atom. The molecule has 1 aromatic heterocycles. The van der Waals surface area contributed by atoms with Gasteiger partial charge in [-0.15, -0.1) is 0 Å². The molecule has 2 heterocycles. The fraction of sp³-hybridized carbons (Fsp3) is 0.500. The Balaban J connectivity index is 2.20. The molecule has 0 atom stereocenters. The second-order valence-electron chi connectivity index (χ2n) is 3.92. The summed E-state index contributed by atoms with van der Waals surface area (Å²) in [7, 11) is 3.25. The minimum absolute atomic E-state index is 0.0332. The van der Waals surface area contributed by atoms with Crippen LogP contribution in [-0.4, -0.2) is 52.8 Å². The number of hydrogen-bond acceptors (Lipinski definition) is 4. The van der Waals surface area contributed by atoms with E-state index in [2.05, 4.69) is 11.2 Å². The quantitative estimate of drug-likeness (QED) is 0.714. The van der Waals surface area contributed by atoms with Gasteiger partial charge in [-0.05, 0) is 0 Å². The van der Waals surface area contributed by atoms with Crippen molar-refractivity contribution in [2.45, 2.75) is 6.04 Å². The molecule has 17 heavy (non-hydrogen) atoms. The highest BCUT2D eigenvalue weighted by Crippen LogP contribution is 2.12. The lowest BCUT2D eigenvalue weighted by Gasteiger charge is -2.34. The van der Waals surface area contributed by atoms with Crippen molar-refractivity contribution in [2.24, 2.45) is 12.8 Å². The molecule has 0 unspecified atom stereocenters. The summed E-state index contributed by atoms with van der Waals surface area (Å²) in [6.07, 6.45) is 0. The number of ether oxygens (including phenoxy) is 1. The molecule has 1 aliphatic rings. The van der Waals surface area contributed by atoms with E-state index in [1.807, 2.05) is 0 Å². The van der Waals surface area contributed by atoms with Gasteiger partial charge in [-0.2, -0.15) is 5.10 Å². The van der Waals surface area contributed by atoms with Gasteiger partial charge in [0.05, 0.1) is 25.3 Å². The van der Waals surface area contributed by atoms with E-state index < -0.39 is 5.91 Å². The fourth-order valence-corrected chi connectivity index (χ4v) is 1.50. The minimum Gasteiger partial charge on any atom is -0.377 e. The molecule has 1 aliphatic heterocycles. The van der Waals surface area contributed by atoms with Gasteiger partial charge < -0.3 is 15.4 Å². The first-order valence-electron chi connectivity index (χ1n) is 5.11. The molecule has 2 N–H and O–H groups in total. The van der Waals surface area contributed by atoms with Crippen molar-refractivity contribution in [3.8, 4) is 0 Å². The molecule has 0 spiro atoms. The molecule has 2 amide bonds. The number of amides is 2. The molecule has 0 bridgehead atoms. The van der Waals surface area contributed by atoms with Crippen molar-refractivity contribution >= 4 is 11.8 Å². The monoisotopic (exact) mass is 237 g/mol. The van der Waals surface area contributed by atoms with Gasteiger partial charge in [0.15, 0.2) is 5.69 Å². The maximum atomic E-state index is 12.1. The van der Waals surface area contributed by atoms with Crippen molar-refractivity contribution in [1.29, 1.82) is 0 Å². The van der Waals surface area contributed by atoms with Crippen LogP contribution in [0, 0.1) is 6.07 Å². The molecule has 7 nitrogen and oxygen atoms in total. The predicted molar refractivity (Wildman–Crippen MR) is 57.3 cm³/mol. The number of nitrogens with zero attached hydrogens (tertiary/aromatic N) is 3. The molecular formula is C10H13N4O3. The van der Waals surface area contributed by atoms with Gasteiger partial charge in [0.1, 0.15) is 5.69 Å². The standard InChI is InChI=1S/C10H13N4O3/c1-13(6-4-17-5-6)10(16)8-3-7(9(11)15)12-14(8)2/h6H,4-5H2,1-2H3,(H2,11,15). The summed E-state index contributed by atoms with van der Waals surface area (Å²) in [5, 5.41) is 3.82. The van der Waals surface area contributed by atoms with Crippen LogP contribution >= 0.6 is 0 Å². The Kier molecular flexibility index (Phi) is 2.84. The summed E-state index contributed by atoms with van der Waals surface area (Å²) < 4.78 is 6.32. The molecule has 0 aromatic carbocycles. The number of primary amides is 1. The van der Waals surface area contributed by atoms with Crippen molar-refractivity contribution in [2.75, 3.05) is 20.3 Å². The first kappa shape index (κ1) is 11.6. The first-order valence-corrected chi connectivity index (χ1v) is 5.11. The van der Waals surface area contributed by atoms with Crippen LogP contribution in [0.3, 0.4) is 0 Å². The molecule has 1 saturated heterocycles. The minimum atomic E-state index is -0.700. The van der Waals surface area contributed by atoms with Gasteiger partial charge in [0.25, 0.3) is 11.8 Å². The summed E-state index contributed by atoms with van der Waals surface area (Å²) >= 11 is 0. The fourth-order valence-electron chi connectivity index (χ4n) is 1.50. The van der Waals surface area contributed by atoms with Gasteiger partial charge in [-0.3, -0.25) is 14.3 Å². The normalized spacial score (nSPS) is 15.4. The molecule has 0 aliphatic carbocycles. The van der Waals surface area contributed by atoms with E-state index in [0.29, 0.717) is 13.2 Å². The van der Waals surface area contributed by atoms with Gasteiger partial charge in [0.2, 0.25) is 0 Å². The molecule has 0 saturated carbocycles. The van der Waals surface area contributed by atoms with E-state index in [9.17, 15) is 9.59 Å². The highest BCUT2D eigenvalue weighted by Gasteiger charge is 2.29. The molecule has 1 aromatic rings. The zero-order valence-electron chi connectivity index (χ0n) is 9.64. The van der Waals surface area contributed by atoms with Crippen LogP contribution in [0.25, 0.3) is 0 Å². The number of rotatable bonds is 3. The van der Waals surface area contributed by atoms with E-state index in [-0.39, 0.29) is 23.3 Å². The zero-order valence-corrected chi connectivity index (χ0v) is 9.64. The van der Waals surface area contributed by atoms with E-state index in [4.69, 9.17) is 10.5 Å². The van der Waals surface area contributed by atoms with Crippen molar-refractivity contribution in [1.82, 2.24) is 14.7 Å². The SMILES string of the molecule is CN(C(=O)c1[c]c(C(N)=O)nn1C)C1COC1. The van der Waals surface area contributed by atoms with E-state index in [1.165, 1.54) is 4.68 Å². The Labute approximate surface area is 98.1 Å². The molecule has 7 heteroatoms. The number of carbonyl (C=O) groups is 2. The van der Waals surface area contributed by atoms with Crippen molar-refractivity contribution in [3.63, 3.8) is 0 Å². The van der Waals surface area contributed by atoms with Crippen LogP contribution in [0.2, 0.25) is 0 Å². The van der Waals surface area contributed by atoms with Gasteiger partial charge in [-0.1, -0.05) is 0 Å². The highest BCUT2D eigenvalue weighted by atomic mass is 16.5. The number of nitrogens with two attached hydrogens (primary N) is 1. The Bertz CT molecular complexity index is 464. The highest BCUT2D eigenvalue weighted by molar-refractivity contribution is 5.96. The largest absolute Gasteiger partial charge is 0.377 e. The lowest BCUT2D eigenvalue weighted by atomic mass is 10.2.